The van der Waals surface area contributed by atoms with E-state index < -0.39 is 34.4 Å². The van der Waals surface area contributed by atoms with Crippen molar-refractivity contribution < 1.29 is 23.2 Å². The number of amides is 3. The molecule has 0 unspecified atom stereocenters. The van der Waals surface area contributed by atoms with E-state index in [4.69, 9.17) is 23.2 Å². The zero-order chi connectivity index (χ0) is 23.7. The van der Waals surface area contributed by atoms with Crippen molar-refractivity contribution in [2.75, 3.05) is 15.5 Å². The number of imide groups is 1. The highest BCUT2D eigenvalue weighted by Gasteiger charge is 2.40. The van der Waals surface area contributed by atoms with Gasteiger partial charge in [0.05, 0.1) is 10.7 Å². The number of carbonyl (C=O) groups is 3. The maximum atomic E-state index is 14.1. The third-order valence-corrected chi connectivity index (χ3v) is 5.33. The molecule has 10 heteroatoms. The number of para-hydroxylation sites is 1. The van der Waals surface area contributed by atoms with E-state index in [1.54, 1.807) is 12.1 Å². The summed E-state index contributed by atoms with van der Waals surface area (Å²) in [5, 5.41) is 4.75. The van der Waals surface area contributed by atoms with Crippen LogP contribution in [0.4, 0.5) is 25.8 Å². The Bertz CT molecular complexity index is 1340. The number of benzene rings is 3. The Hall–Kier alpha value is -3.75. The first-order chi connectivity index (χ1) is 15.8. The van der Waals surface area contributed by atoms with Gasteiger partial charge < -0.3 is 10.6 Å². The van der Waals surface area contributed by atoms with E-state index in [9.17, 15) is 23.2 Å². The minimum Gasteiger partial charge on any atom is -0.350 e. The van der Waals surface area contributed by atoms with E-state index >= 15 is 0 Å². The largest absolute Gasteiger partial charge is 0.350 e. The molecule has 0 fully saturated rings. The lowest BCUT2D eigenvalue weighted by Crippen LogP contribution is -2.33. The molecule has 3 aromatic carbocycles. The Morgan fingerprint density at radius 3 is 2.30 bits per heavy atom. The fourth-order valence-electron chi connectivity index (χ4n) is 3.12. The van der Waals surface area contributed by atoms with Gasteiger partial charge in [-0.1, -0.05) is 41.4 Å². The molecular weight excluding hydrogens is 475 g/mol. The van der Waals surface area contributed by atoms with Gasteiger partial charge in [0.1, 0.15) is 22.4 Å². The van der Waals surface area contributed by atoms with Gasteiger partial charge in [-0.05, 0) is 48.5 Å². The van der Waals surface area contributed by atoms with E-state index in [0.29, 0.717) is 4.90 Å². The zero-order valence-electron chi connectivity index (χ0n) is 16.5. The second-order valence-electron chi connectivity index (χ2n) is 6.87. The molecule has 33 heavy (non-hydrogen) atoms. The van der Waals surface area contributed by atoms with Crippen LogP contribution in [0.1, 0.15) is 10.4 Å². The van der Waals surface area contributed by atoms with Crippen molar-refractivity contribution in [1.29, 1.82) is 0 Å². The summed E-state index contributed by atoms with van der Waals surface area (Å²) >= 11 is 11.8. The Balaban J connectivity index is 1.55. The first-order valence-corrected chi connectivity index (χ1v) is 10.2. The standard InChI is InChI=1S/C23H13Cl2F2N3O3/c24-15-11-14(8-9-16(15)26)29-21(31)12-4-3-5-13(10-12)28-20-19(25)22(32)30(23(20)33)18-7-2-1-6-17(18)27/h1-11,28H,(H,29,31). The molecule has 0 spiro atoms. The lowest BCUT2D eigenvalue weighted by Gasteiger charge is -2.15. The molecule has 6 nitrogen and oxygen atoms in total. The van der Waals surface area contributed by atoms with Gasteiger partial charge in [0.2, 0.25) is 0 Å². The van der Waals surface area contributed by atoms with Crippen LogP contribution < -0.4 is 15.5 Å². The van der Waals surface area contributed by atoms with Crippen molar-refractivity contribution in [3.63, 3.8) is 0 Å². The highest BCUT2D eigenvalue weighted by atomic mass is 35.5. The van der Waals surface area contributed by atoms with E-state index in [2.05, 4.69) is 10.6 Å². The summed E-state index contributed by atoms with van der Waals surface area (Å²) < 4.78 is 27.4. The number of nitrogens with zero attached hydrogens (tertiary/aromatic N) is 1. The quantitative estimate of drug-likeness (QED) is 0.478. The van der Waals surface area contributed by atoms with Crippen molar-refractivity contribution in [3.05, 3.63) is 99.7 Å². The molecule has 4 rings (SSSR count). The van der Waals surface area contributed by atoms with Crippen molar-refractivity contribution in [2.24, 2.45) is 0 Å². The fraction of sp³-hybridized carbons (Fsp3) is 0. The summed E-state index contributed by atoms with van der Waals surface area (Å²) in [5.74, 6) is -3.62. The highest BCUT2D eigenvalue weighted by molar-refractivity contribution is 6.53. The summed E-state index contributed by atoms with van der Waals surface area (Å²) in [7, 11) is 0. The van der Waals surface area contributed by atoms with Gasteiger partial charge in [0, 0.05) is 16.9 Å². The predicted molar refractivity (Wildman–Crippen MR) is 121 cm³/mol. The van der Waals surface area contributed by atoms with Crippen molar-refractivity contribution in [3.8, 4) is 0 Å². The minimum atomic E-state index is -0.878. The Morgan fingerprint density at radius 1 is 0.818 bits per heavy atom. The van der Waals surface area contributed by atoms with E-state index in [1.807, 2.05) is 0 Å². The fourth-order valence-corrected chi connectivity index (χ4v) is 3.52. The number of hydrogen-bond acceptors (Lipinski definition) is 4. The molecule has 1 heterocycles. The van der Waals surface area contributed by atoms with Crippen LogP contribution in [0.5, 0.6) is 0 Å². The average molecular weight is 488 g/mol. The maximum Gasteiger partial charge on any atom is 0.283 e. The molecule has 166 valence electrons. The van der Waals surface area contributed by atoms with Crippen molar-refractivity contribution in [1.82, 2.24) is 0 Å². The summed E-state index contributed by atoms with van der Waals surface area (Å²) in [6, 6.07) is 15.1. The molecule has 0 atom stereocenters. The Kier molecular flexibility index (Phi) is 6.13. The molecule has 0 aromatic heterocycles. The molecule has 0 saturated heterocycles. The van der Waals surface area contributed by atoms with Crippen LogP contribution in [0.25, 0.3) is 0 Å². The van der Waals surface area contributed by atoms with Crippen LogP contribution in [0, 0.1) is 11.6 Å². The number of halogens is 4. The SMILES string of the molecule is O=C(Nc1ccc(F)c(Cl)c1)c1cccc(NC2=C(Cl)C(=O)N(c3ccccc3F)C2=O)c1. The minimum absolute atomic E-state index is 0.145. The normalized spacial score (nSPS) is 13.5. The third kappa shape index (κ3) is 4.44. The molecule has 3 aromatic rings. The summed E-state index contributed by atoms with van der Waals surface area (Å²) in [4.78, 5) is 38.5. The van der Waals surface area contributed by atoms with Crippen LogP contribution >= 0.6 is 23.2 Å². The Labute approximate surface area is 196 Å². The first-order valence-electron chi connectivity index (χ1n) is 9.43. The van der Waals surface area contributed by atoms with Crippen molar-refractivity contribution >= 4 is 58.0 Å². The van der Waals surface area contributed by atoms with Crippen LogP contribution in [0.3, 0.4) is 0 Å². The lowest BCUT2D eigenvalue weighted by atomic mass is 10.1. The smallest absolute Gasteiger partial charge is 0.283 e. The molecule has 1 aliphatic rings. The summed E-state index contributed by atoms with van der Waals surface area (Å²) in [6.07, 6.45) is 0. The summed E-state index contributed by atoms with van der Waals surface area (Å²) in [5.41, 5.74) is 0.276. The van der Waals surface area contributed by atoms with Gasteiger partial charge >= 0.3 is 0 Å². The lowest BCUT2D eigenvalue weighted by molar-refractivity contribution is -0.120. The first kappa shape index (κ1) is 22.4. The topological polar surface area (TPSA) is 78.5 Å². The van der Waals surface area contributed by atoms with Gasteiger partial charge in [-0.3, -0.25) is 14.4 Å². The van der Waals surface area contributed by atoms with E-state index in [-0.39, 0.29) is 33.3 Å². The van der Waals surface area contributed by atoms with E-state index in [1.165, 1.54) is 42.5 Å². The summed E-state index contributed by atoms with van der Waals surface area (Å²) in [6.45, 7) is 0. The molecule has 0 bridgehead atoms. The molecule has 0 aliphatic carbocycles. The molecular formula is C23H13Cl2F2N3O3. The van der Waals surface area contributed by atoms with Crippen LogP contribution in [0.15, 0.2) is 77.5 Å². The number of hydrogen-bond donors (Lipinski definition) is 2. The average Bonchev–Trinajstić information content (AvgIpc) is 3.00. The van der Waals surface area contributed by atoms with Gasteiger partial charge in [0.25, 0.3) is 17.7 Å². The van der Waals surface area contributed by atoms with Gasteiger partial charge in [0.15, 0.2) is 0 Å². The number of nitrogens with one attached hydrogen (secondary N) is 2. The van der Waals surface area contributed by atoms with Crippen LogP contribution in [-0.2, 0) is 9.59 Å². The monoisotopic (exact) mass is 487 g/mol. The number of rotatable bonds is 5. The van der Waals surface area contributed by atoms with Crippen molar-refractivity contribution in [2.45, 2.75) is 0 Å². The molecule has 1 aliphatic heterocycles. The third-order valence-electron chi connectivity index (χ3n) is 4.69. The highest BCUT2D eigenvalue weighted by Crippen LogP contribution is 2.31. The van der Waals surface area contributed by atoms with E-state index in [0.717, 1.165) is 12.1 Å². The molecule has 0 radical (unpaired) electrons. The zero-order valence-corrected chi connectivity index (χ0v) is 18.0. The molecule has 3 amide bonds. The molecule has 0 saturated carbocycles. The second-order valence-corrected chi connectivity index (χ2v) is 7.66. The van der Waals surface area contributed by atoms with Crippen LogP contribution in [-0.4, -0.2) is 17.7 Å². The van der Waals surface area contributed by atoms with Gasteiger partial charge in [-0.15, -0.1) is 0 Å². The number of anilines is 3. The van der Waals surface area contributed by atoms with Gasteiger partial charge in [-0.2, -0.15) is 0 Å². The van der Waals surface area contributed by atoms with Gasteiger partial charge in [-0.25, -0.2) is 13.7 Å². The molecule has 2 N–H and O–H groups in total. The maximum absolute atomic E-state index is 14.1. The van der Waals surface area contributed by atoms with Crippen LogP contribution in [0.2, 0.25) is 5.02 Å². The second kappa shape index (κ2) is 9.01. The number of carbonyl (C=O) groups excluding carboxylic acids is 3. The predicted octanol–water partition coefficient (Wildman–Crippen LogP) is 5.31. The Morgan fingerprint density at radius 2 is 1.58 bits per heavy atom.